The predicted molar refractivity (Wildman–Crippen MR) is 74.5 cm³/mol. The normalized spacial score (nSPS) is 28.9. The van der Waals surface area contributed by atoms with Gasteiger partial charge in [-0.25, -0.2) is 0 Å². The van der Waals surface area contributed by atoms with E-state index in [1.54, 1.807) is 6.92 Å². The molecule has 1 aliphatic carbocycles. The molecule has 4 nitrogen and oxygen atoms in total. The number of rotatable bonds is 2. The van der Waals surface area contributed by atoms with E-state index >= 15 is 0 Å². The maximum Gasteiger partial charge on any atom is 0.321 e. The van der Waals surface area contributed by atoms with E-state index in [9.17, 15) is 9.59 Å². The highest BCUT2D eigenvalue weighted by molar-refractivity contribution is 6.09. The van der Waals surface area contributed by atoms with E-state index in [4.69, 9.17) is 4.74 Å². The van der Waals surface area contributed by atoms with Crippen LogP contribution in [0.25, 0.3) is 0 Å². The van der Waals surface area contributed by atoms with Gasteiger partial charge in [-0.3, -0.25) is 9.59 Å². The van der Waals surface area contributed by atoms with Gasteiger partial charge in [0.15, 0.2) is 5.78 Å². The van der Waals surface area contributed by atoms with E-state index in [2.05, 4.69) is 4.90 Å². The molecule has 0 saturated carbocycles. The number of nitrogens with zero attached hydrogens (tertiary/aromatic N) is 1. The molecule has 0 radical (unpaired) electrons. The van der Waals surface area contributed by atoms with Crippen LogP contribution in [0.3, 0.4) is 0 Å². The zero-order valence-corrected chi connectivity index (χ0v) is 11.9. The summed E-state index contributed by atoms with van der Waals surface area (Å²) in [5.41, 5.74) is 1.17. The Balaban J connectivity index is 2.10. The quantitative estimate of drug-likeness (QED) is 0.603. The van der Waals surface area contributed by atoms with Crippen molar-refractivity contribution < 1.29 is 14.3 Å². The molecular formula is C16H19NO3. The third kappa shape index (κ3) is 1.79. The molecule has 1 aliphatic heterocycles. The molecular weight excluding hydrogens is 254 g/mol. The number of likely N-dealkylation sites (tertiary alicyclic amines) is 1. The van der Waals surface area contributed by atoms with Gasteiger partial charge in [0.2, 0.25) is 0 Å². The first kappa shape index (κ1) is 13.3. The van der Waals surface area contributed by atoms with Crippen molar-refractivity contribution >= 4 is 11.8 Å². The Labute approximate surface area is 118 Å². The minimum Gasteiger partial charge on any atom is -0.465 e. The first-order chi connectivity index (χ1) is 9.58. The molecule has 2 bridgehead atoms. The second kappa shape index (κ2) is 4.70. The summed E-state index contributed by atoms with van der Waals surface area (Å²) in [6.45, 7) is 3.22. The number of carbonyl (C=O) groups is 2. The monoisotopic (exact) mass is 273 g/mol. The molecule has 0 amide bonds. The lowest BCUT2D eigenvalue weighted by molar-refractivity contribution is -0.165. The number of benzene rings is 1. The fourth-order valence-electron chi connectivity index (χ4n) is 3.58. The van der Waals surface area contributed by atoms with Crippen LogP contribution in [0, 0.1) is 5.41 Å². The van der Waals surface area contributed by atoms with E-state index in [0.29, 0.717) is 26.1 Å². The molecule has 2 unspecified atom stereocenters. The minimum atomic E-state index is -1.01. The van der Waals surface area contributed by atoms with E-state index in [-0.39, 0.29) is 17.7 Å². The topological polar surface area (TPSA) is 46.6 Å². The van der Waals surface area contributed by atoms with Gasteiger partial charge < -0.3 is 9.64 Å². The summed E-state index contributed by atoms with van der Waals surface area (Å²) in [5, 5.41) is 0. The molecule has 1 saturated heterocycles. The van der Waals surface area contributed by atoms with Crippen molar-refractivity contribution in [2.75, 3.05) is 26.7 Å². The highest BCUT2D eigenvalue weighted by atomic mass is 16.5. The molecule has 1 aromatic rings. The molecule has 106 valence electrons. The molecule has 0 aromatic heterocycles. The van der Waals surface area contributed by atoms with Crippen LogP contribution in [0.5, 0.6) is 0 Å². The summed E-state index contributed by atoms with van der Waals surface area (Å²) >= 11 is 0. The van der Waals surface area contributed by atoms with Gasteiger partial charge in [-0.05, 0) is 31.5 Å². The highest BCUT2D eigenvalue weighted by Crippen LogP contribution is 2.44. The Morgan fingerprint density at radius 3 is 2.95 bits per heavy atom. The molecule has 1 fully saturated rings. The molecule has 2 aliphatic rings. The number of fused-ring (bicyclic) bond motifs is 4. The van der Waals surface area contributed by atoms with E-state index in [1.807, 2.05) is 31.3 Å². The van der Waals surface area contributed by atoms with Gasteiger partial charge in [-0.15, -0.1) is 0 Å². The smallest absolute Gasteiger partial charge is 0.321 e. The fraction of sp³-hybridized carbons (Fsp3) is 0.500. The zero-order valence-electron chi connectivity index (χ0n) is 11.9. The van der Waals surface area contributed by atoms with Crippen LogP contribution in [0.15, 0.2) is 24.3 Å². The van der Waals surface area contributed by atoms with Gasteiger partial charge in [0.25, 0.3) is 0 Å². The number of carbonyl (C=O) groups excluding carboxylic acids is 2. The summed E-state index contributed by atoms with van der Waals surface area (Å²) < 4.78 is 5.21. The average Bonchev–Trinajstić information content (AvgIpc) is 2.41. The fourth-order valence-corrected chi connectivity index (χ4v) is 3.58. The lowest BCUT2D eigenvalue weighted by Gasteiger charge is -2.46. The summed E-state index contributed by atoms with van der Waals surface area (Å²) in [5.74, 6) is -0.535. The third-order valence-electron chi connectivity index (χ3n) is 4.41. The van der Waals surface area contributed by atoms with Crippen molar-refractivity contribution in [2.45, 2.75) is 19.3 Å². The first-order valence-corrected chi connectivity index (χ1v) is 7.06. The van der Waals surface area contributed by atoms with Gasteiger partial charge in [0, 0.05) is 13.1 Å². The van der Waals surface area contributed by atoms with Gasteiger partial charge >= 0.3 is 5.97 Å². The Kier molecular flexibility index (Phi) is 3.13. The number of likely N-dealkylation sites (N-methyl/N-ethyl adjacent to an activating group) is 1. The number of ether oxygens (including phenoxy) is 1. The summed E-state index contributed by atoms with van der Waals surface area (Å²) in [6, 6.07) is 7.95. The van der Waals surface area contributed by atoms with Crippen LogP contribution in [0.1, 0.15) is 24.0 Å². The van der Waals surface area contributed by atoms with Crippen molar-refractivity contribution in [3.8, 4) is 0 Å². The average molecular weight is 273 g/mol. The molecule has 0 spiro atoms. The van der Waals surface area contributed by atoms with E-state index < -0.39 is 5.41 Å². The van der Waals surface area contributed by atoms with Gasteiger partial charge in [0.1, 0.15) is 5.41 Å². The molecule has 2 atom stereocenters. The van der Waals surface area contributed by atoms with Crippen LogP contribution in [0.2, 0.25) is 0 Å². The van der Waals surface area contributed by atoms with Crippen LogP contribution < -0.4 is 0 Å². The van der Waals surface area contributed by atoms with Crippen molar-refractivity contribution in [2.24, 2.45) is 5.41 Å². The SMILES string of the molecule is CCOC(=O)C12Cc3ccccc3C(CN(C)C1)C2=O. The zero-order chi connectivity index (χ0) is 14.3. The molecule has 1 aromatic carbocycles. The molecule has 20 heavy (non-hydrogen) atoms. The minimum absolute atomic E-state index is 0.0350. The first-order valence-electron chi connectivity index (χ1n) is 7.06. The number of hydrogen-bond donors (Lipinski definition) is 0. The Hall–Kier alpha value is -1.68. The van der Waals surface area contributed by atoms with Crippen molar-refractivity contribution in [3.05, 3.63) is 35.4 Å². The van der Waals surface area contributed by atoms with Crippen LogP contribution in [-0.2, 0) is 20.7 Å². The van der Waals surface area contributed by atoms with Gasteiger partial charge in [-0.1, -0.05) is 24.3 Å². The van der Waals surface area contributed by atoms with Crippen molar-refractivity contribution in [1.29, 1.82) is 0 Å². The lowest BCUT2D eigenvalue weighted by Crippen LogP contribution is -2.59. The third-order valence-corrected chi connectivity index (χ3v) is 4.41. The number of Topliss-reactive ketones (excluding diaryl/α,β-unsaturated/α-hetero) is 1. The predicted octanol–water partition coefficient (Wildman–Crippen LogP) is 1.39. The second-order valence-electron chi connectivity index (χ2n) is 5.79. The van der Waals surface area contributed by atoms with Crippen LogP contribution in [-0.4, -0.2) is 43.4 Å². The summed E-state index contributed by atoms with van der Waals surface area (Å²) in [7, 11) is 1.96. The van der Waals surface area contributed by atoms with Gasteiger partial charge in [-0.2, -0.15) is 0 Å². The molecule has 3 rings (SSSR count). The number of esters is 1. The van der Waals surface area contributed by atoms with Crippen molar-refractivity contribution in [1.82, 2.24) is 4.90 Å². The maximum absolute atomic E-state index is 12.8. The summed E-state index contributed by atoms with van der Waals surface area (Å²) in [4.78, 5) is 27.3. The Bertz CT molecular complexity index is 569. The van der Waals surface area contributed by atoms with E-state index in [1.165, 1.54) is 0 Å². The largest absolute Gasteiger partial charge is 0.465 e. The molecule has 1 heterocycles. The molecule has 4 heteroatoms. The Morgan fingerprint density at radius 1 is 1.45 bits per heavy atom. The highest BCUT2D eigenvalue weighted by Gasteiger charge is 2.56. The standard InChI is InChI=1S/C16H19NO3/c1-3-20-15(19)16-8-11-6-4-5-7-12(11)13(14(16)18)9-17(2)10-16/h4-7,13H,3,8-10H2,1-2H3. The van der Waals surface area contributed by atoms with E-state index in [0.717, 1.165) is 11.1 Å². The van der Waals surface area contributed by atoms with Crippen LogP contribution >= 0.6 is 0 Å². The number of piperidine rings is 1. The molecule has 0 N–H and O–H groups in total. The maximum atomic E-state index is 12.8. The van der Waals surface area contributed by atoms with Gasteiger partial charge in [0.05, 0.1) is 12.5 Å². The van der Waals surface area contributed by atoms with Crippen molar-refractivity contribution in [3.63, 3.8) is 0 Å². The lowest BCUT2D eigenvalue weighted by atomic mass is 9.63. The number of hydrogen-bond acceptors (Lipinski definition) is 4. The number of ketones is 1. The van der Waals surface area contributed by atoms with Crippen LogP contribution in [0.4, 0.5) is 0 Å². The Morgan fingerprint density at radius 2 is 2.20 bits per heavy atom. The second-order valence-corrected chi connectivity index (χ2v) is 5.79. The summed E-state index contributed by atoms with van der Waals surface area (Å²) in [6.07, 6.45) is 0.460.